The zero-order valence-electron chi connectivity index (χ0n) is 53.1. The fraction of sp³-hybridized carbons (Fsp3) is 0.640. The third kappa shape index (κ3) is 50.0. The number of aliphatic hydroxyl groups is 5. The zero-order valence-corrected chi connectivity index (χ0v) is 53.1. The number of hydrogen-bond donors (Lipinski definition) is 6. The Bertz CT molecular complexity index is 1880. The Hall–Kier alpha value is -4.19. The number of amides is 1. The zero-order chi connectivity index (χ0) is 60.7. The van der Waals surface area contributed by atoms with E-state index in [4.69, 9.17) is 9.47 Å². The van der Waals surface area contributed by atoms with Crippen LogP contribution < -0.4 is 5.32 Å². The third-order valence-corrected chi connectivity index (χ3v) is 14.8. The van der Waals surface area contributed by atoms with E-state index >= 15 is 0 Å². The number of hydrogen-bond acceptors (Lipinski definition) is 8. The van der Waals surface area contributed by atoms with E-state index in [9.17, 15) is 30.3 Å². The van der Waals surface area contributed by atoms with Gasteiger partial charge >= 0.3 is 0 Å². The number of ether oxygens (including phenoxy) is 2. The van der Waals surface area contributed by atoms with Gasteiger partial charge in [-0.15, -0.1) is 0 Å². The van der Waals surface area contributed by atoms with Gasteiger partial charge in [-0.3, -0.25) is 4.79 Å². The largest absolute Gasteiger partial charge is 0.394 e. The Kier molecular flexibility index (Phi) is 57.3. The van der Waals surface area contributed by atoms with E-state index in [-0.39, 0.29) is 18.9 Å². The Morgan fingerprint density at radius 2 is 0.750 bits per heavy atom. The molecule has 9 heteroatoms. The summed E-state index contributed by atoms with van der Waals surface area (Å²) < 4.78 is 11.3. The lowest BCUT2D eigenvalue weighted by molar-refractivity contribution is -0.302. The van der Waals surface area contributed by atoms with Gasteiger partial charge in [-0.25, -0.2) is 0 Å². The average Bonchev–Trinajstić information content (AvgIpc) is 3.70. The summed E-state index contributed by atoms with van der Waals surface area (Å²) in [4.78, 5) is 13.1. The number of carbonyl (C=O) groups is 1. The summed E-state index contributed by atoms with van der Waals surface area (Å²) in [6.45, 7) is 3.62. The Morgan fingerprint density at radius 3 is 1.14 bits per heavy atom. The second-order valence-electron chi connectivity index (χ2n) is 22.5. The monoisotopic (exact) mass is 1170 g/mol. The maximum absolute atomic E-state index is 13.1. The van der Waals surface area contributed by atoms with E-state index in [2.05, 4.69) is 165 Å². The second kappa shape index (κ2) is 61.9. The minimum absolute atomic E-state index is 0.234. The topological polar surface area (TPSA) is 149 Å². The molecule has 1 saturated heterocycles. The molecule has 0 radical (unpaired) electrons. The van der Waals surface area contributed by atoms with Crippen LogP contribution in [0.4, 0.5) is 0 Å². The molecule has 1 aliphatic heterocycles. The van der Waals surface area contributed by atoms with Crippen molar-refractivity contribution in [3.63, 3.8) is 0 Å². The summed E-state index contributed by atoms with van der Waals surface area (Å²) in [5, 5.41) is 54.6. The lowest BCUT2D eigenvalue weighted by atomic mass is 9.99. The Labute approximate surface area is 514 Å². The van der Waals surface area contributed by atoms with Crippen LogP contribution in [0.3, 0.4) is 0 Å². The van der Waals surface area contributed by atoms with Gasteiger partial charge in [0.1, 0.15) is 24.4 Å². The molecule has 7 atom stereocenters. The van der Waals surface area contributed by atoms with Gasteiger partial charge in [0.25, 0.3) is 0 Å². The van der Waals surface area contributed by atoms with E-state index in [1.807, 2.05) is 6.08 Å². The molecule has 0 aromatic rings. The Morgan fingerprint density at radius 1 is 0.417 bits per heavy atom. The molecule has 6 N–H and O–H groups in total. The van der Waals surface area contributed by atoms with Crippen molar-refractivity contribution >= 4 is 5.91 Å². The summed E-state index contributed by atoms with van der Waals surface area (Å²) >= 11 is 0. The smallest absolute Gasteiger partial charge is 0.220 e. The fourth-order valence-corrected chi connectivity index (χ4v) is 9.57. The Balaban J connectivity index is 2.27. The van der Waals surface area contributed by atoms with Crippen molar-refractivity contribution in [1.82, 2.24) is 5.32 Å². The van der Waals surface area contributed by atoms with Crippen LogP contribution in [0.5, 0.6) is 0 Å². The van der Waals surface area contributed by atoms with E-state index in [1.165, 1.54) is 116 Å². The number of unbranched alkanes of at least 4 members (excludes halogenated alkanes) is 22. The second-order valence-corrected chi connectivity index (χ2v) is 22.5. The fourth-order valence-electron chi connectivity index (χ4n) is 9.57. The molecular weight excluding hydrogens is 1040 g/mol. The summed E-state index contributed by atoms with van der Waals surface area (Å²) in [7, 11) is 0. The van der Waals surface area contributed by atoms with Gasteiger partial charge in [0.2, 0.25) is 5.91 Å². The summed E-state index contributed by atoms with van der Waals surface area (Å²) in [5.41, 5.74) is 0. The molecule has 0 aliphatic carbocycles. The highest BCUT2D eigenvalue weighted by Gasteiger charge is 2.44. The minimum atomic E-state index is -1.59. The van der Waals surface area contributed by atoms with E-state index in [1.54, 1.807) is 6.08 Å². The molecule has 0 aromatic heterocycles. The van der Waals surface area contributed by atoms with Crippen LogP contribution in [0.2, 0.25) is 0 Å². The highest BCUT2D eigenvalue weighted by Crippen LogP contribution is 2.23. The predicted molar refractivity (Wildman–Crippen MR) is 359 cm³/mol. The average molecular weight is 1170 g/mol. The summed E-state index contributed by atoms with van der Waals surface area (Å²) in [6, 6.07) is -0.866. The van der Waals surface area contributed by atoms with Gasteiger partial charge in [0.15, 0.2) is 6.29 Å². The van der Waals surface area contributed by atoms with Crippen molar-refractivity contribution in [2.24, 2.45) is 0 Å². The molecule has 1 aliphatic rings. The van der Waals surface area contributed by atoms with E-state index in [0.29, 0.717) is 12.8 Å². The molecule has 0 bridgehead atoms. The molecular formula is C75H123NO8. The van der Waals surface area contributed by atoms with E-state index in [0.717, 1.165) is 103 Å². The van der Waals surface area contributed by atoms with Gasteiger partial charge in [0, 0.05) is 6.42 Å². The van der Waals surface area contributed by atoms with Crippen LogP contribution in [0.15, 0.2) is 158 Å². The number of nitrogens with one attached hydrogen (secondary N) is 1. The van der Waals surface area contributed by atoms with Crippen LogP contribution in [-0.2, 0) is 14.3 Å². The van der Waals surface area contributed by atoms with Crippen LogP contribution in [0.1, 0.15) is 251 Å². The summed E-state index contributed by atoms with van der Waals surface area (Å²) in [6.07, 6.45) is 90.5. The number of rotatable bonds is 56. The molecule has 9 nitrogen and oxygen atoms in total. The van der Waals surface area contributed by atoms with Gasteiger partial charge < -0.3 is 40.3 Å². The predicted octanol–water partition coefficient (Wildman–Crippen LogP) is 18.4. The lowest BCUT2D eigenvalue weighted by Crippen LogP contribution is -2.60. The van der Waals surface area contributed by atoms with Crippen LogP contribution in [0, 0.1) is 0 Å². The summed E-state index contributed by atoms with van der Waals surface area (Å²) in [5.74, 6) is -0.238. The standard InChI is InChI=1S/C75H123NO8/c1-3-5-7-9-11-13-15-17-19-21-23-25-27-29-31-33-34-35-36-37-39-41-43-45-47-49-51-53-55-57-59-61-63-65-71(79)76-68(67-83-75-74(82)73(81)72(80)70(66-77)84-75)69(78)64-62-60-58-56-54-52-50-48-46-44-42-40-38-32-30-28-26-24-22-20-18-16-14-12-10-8-6-4-2/h5,7,11,13,17,19,23,25,29,31,34-35,37,39,43,45-46,48-49,51,54-57,62,64,68-70,72-75,77-78,80-82H,3-4,6,8-10,12,14-16,18,20-22,24,26-28,30,32-33,36,38,40-42,44,47,50,52-53,58-61,63,65-67H2,1-2H3,(H,76,79)/b7-5-,13-11-,19-17-,25-23-,31-29-,35-34-,39-37-,45-43-,48-46+,51-49-,56-54+,57-55-,64-62+. The highest BCUT2D eigenvalue weighted by atomic mass is 16.7. The first-order valence-corrected chi connectivity index (χ1v) is 33.7. The molecule has 476 valence electrons. The first kappa shape index (κ1) is 77.8. The van der Waals surface area contributed by atoms with Gasteiger partial charge in [-0.1, -0.05) is 281 Å². The van der Waals surface area contributed by atoms with Crippen molar-refractivity contribution in [2.45, 2.75) is 294 Å². The number of allylic oxidation sites excluding steroid dienone is 25. The number of aliphatic hydroxyl groups excluding tert-OH is 5. The minimum Gasteiger partial charge on any atom is -0.394 e. The van der Waals surface area contributed by atoms with Crippen molar-refractivity contribution in [3.05, 3.63) is 158 Å². The van der Waals surface area contributed by atoms with Crippen molar-refractivity contribution in [3.8, 4) is 0 Å². The molecule has 0 saturated carbocycles. The third-order valence-electron chi connectivity index (χ3n) is 14.8. The molecule has 7 unspecified atom stereocenters. The van der Waals surface area contributed by atoms with Crippen LogP contribution in [0.25, 0.3) is 0 Å². The maximum Gasteiger partial charge on any atom is 0.220 e. The quantitative estimate of drug-likeness (QED) is 0.0261. The van der Waals surface area contributed by atoms with Crippen molar-refractivity contribution in [1.29, 1.82) is 0 Å². The van der Waals surface area contributed by atoms with Crippen LogP contribution >= 0.6 is 0 Å². The lowest BCUT2D eigenvalue weighted by Gasteiger charge is -2.40. The van der Waals surface area contributed by atoms with Gasteiger partial charge in [0.05, 0.1) is 25.4 Å². The molecule has 0 aromatic carbocycles. The van der Waals surface area contributed by atoms with Gasteiger partial charge in [-0.2, -0.15) is 0 Å². The molecule has 1 fully saturated rings. The molecule has 84 heavy (non-hydrogen) atoms. The normalized spacial score (nSPS) is 19.2. The number of carbonyl (C=O) groups excluding carboxylic acids is 1. The van der Waals surface area contributed by atoms with Crippen molar-refractivity contribution in [2.75, 3.05) is 13.2 Å². The van der Waals surface area contributed by atoms with E-state index < -0.39 is 49.5 Å². The first-order valence-electron chi connectivity index (χ1n) is 33.7. The first-order chi connectivity index (χ1) is 41.3. The van der Waals surface area contributed by atoms with Crippen molar-refractivity contribution < 1.29 is 39.8 Å². The maximum atomic E-state index is 13.1. The SMILES string of the molecule is CC/C=C\C/C=C\C/C=C\C/C=C\C/C=C\C/C=C\C/C=C\C/C=C\C/C=C\C/C=C\CCCCC(=O)NC(COC1OC(CO)C(O)C(O)C1O)C(O)/C=C/CC/C=C/CC/C=C/CCCCCCCCCCCCCCCCCCCC. The molecule has 1 rings (SSSR count). The highest BCUT2D eigenvalue weighted by molar-refractivity contribution is 5.76. The molecule has 1 amide bonds. The van der Waals surface area contributed by atoms with Crippen LogP contribution in [-0.4, -0.2) is 87.5 Å². The molecule has 0 spiro atoms. The van der Waals surface area contributed by atoms with Gasteiger partial charge in [-0.05, 0) is 122 Å². The molecule has 1 heterocycles.